The maximum atomic E-state index is 11.8. The number of benzene rings is 1. The molecule has 18 heavy (non-hydrogen) atoms. The first-order valence-electron chi connectivity index (χ1n) is 6.73. The highest BCUT2D eigenvalue weighted by molar-refractivity contribution is 5.95. The van der Waals surface area contributed by atoms with Crippen molar-refractivity contribution >= 4 is 11.7 Å². The summed E-state index contributed by atoms with van der Waals surface area (Å²) >= 11 is 0. The number of esters is 1. The maximum Gasteiger partial charge on any atom is 0.340 e. The molecule has 1 aromatic carbocycles. The lowest BCUT2D eigenvalue weighted by atomic mass is 10.1. The van der Waals surface area contributed by atoms with E-state index in [4.69, 9.17) is 4.74 Å². The average molecular weight is 247 g/mol. The largest absolute Gasteiger partial charge is 0.462 e. The zero-order valence-electron chi connectivity index (χ0n) is 11.1. The Labute approximate surface area is 109 Å². The monoisotopic (exact) mass is 247 g/mol. The maximum absolute atomic E-state index is 11.8. The second-order valence-corrected chi connectivity index (χ2v) is 5.03. The summed E-state index contributed by atoms with van der Waals surface area (Å²) in [4.78, 5) is 11.8. The lowest BCUT2D eigenvalue weighted by molar-refractivity contribution is 0.0527. The highest BCUT2D eigenvalue weighted by Gasteiger charge is 2.22. The van der Waals surface area contributed by atoms with Gasteiger partial charge in [-0.15, -0.1) is 0 Å². The molecule has 2 atom stereocenters. The fourth-order valence-corrected chi connectivity index (χ4v) is 2.55. The smallest absolute Gasteiger partial charge is 0.340 e. The zero-order valence-corrected chi connectivity index (χ0v) is 11.1. The molecule has 3 nitrogen and oxygen atoms in total. The third-order valence-corrected chi connectivity index (χ3v) is 3.48. The van der Waals surface area contributed by atoms with E-state index in [0.29, 0.717) is 18.2 Å². The minimum atomic E-state index is -0.244. The van der Waals surface area contributed by atoms with Gasteiger partial charge in [-0.3, -0.25) is 0 Å². The molecular formula is C15H21NO2. The van der Waals surface area contributed by atoms with Gasteiger partial charge in [-0.25, -0.2) is 4.79 Å². The van der Waals surface area contributed by atoms with Crippen LogP contribution in [0.25, 0.3) is 0 Å². The van der Waals surface area contributed by atoms with E-state index in [1.54, 1.807) is 0 Å². The van der Waals surface area contributed by atoms with Gasteiger partial charge in [0.2, 0.25) is 0 Å². The Morgan fingerprint density at radius 1 is 1.39 bits per heavy atom. The highest BCUT2D eigenvalue weighted by atomic mass is 16.5. The van der Waals surface area contributed by atoms with Crippen LogP contribution in [-0.4, -0.2) is 18.6 Å². The third kappa shape index (κ3) is 3.03. The Morgan fingerprint density at radius 3 is 2.83 bits per heavy atom. The number of para-hydroxylation sites is 1. The summed E-state index contributed by atoms with van der Waals surface area (Å²) in [6.45, 7) is 4.51. The van der Waals surface area contributed by atoms with Crippen LogP contribution < -0.4 is 5.32 Å². The molecule has 1 aliphatic carbocycles. The summed E-state index contributed by atoms with van der Waals surface area (Å²) in [5.41, 5.74) is 1.54. The summed E-state index contributed by atoms with van der Waals surface area (Å²) in [5, 5.41) is 3.48. The van der Waals surface area contributed by atoms with Crippen LogP contribution in [0.2, 0.25) is 0 Å². The predicted octanol–water partition coefficient (Wildman–Crippen LogP) is 3.46. The first kappa shape index (κ1) is 12.9. The predicted molar refractivity (Wildman–Crippen MR) is 72.8 cm³/mol. The van der Waals surface area contributed by atoms with Crippen molar-refractivity contribution in [3.8, 4) is 0 Å². The lowest BCUT2D eigenvalue weighted by Crippen LogP contribution is -2.18. The summed E-state index contributed by atoms with van der Waals surface area (Å²) in [6, 6.07) is 8.07. The molecule has 1 fully saturated rings. The molecule has 2 unspecified atom stereocenters. The van der Waals surface area contributed by atoms with Crippen LogP contribution in [0.15, 0.2) is 24.3 Å². The number of carbonyl (C=O) groups excluding carboxylic acids is 1. The molecule has 1 N–H and O–H groups in total. The van der Waals surface area contributed by atoms with Gasteiger partial charge >= 0.3 is 5.97 Å². The third-order valence-electron chi connectivity index (χ3n) is 3.48. The molecule has 0 aliphatic heterocycles. The molecule has 0 aromatic heterocycles. The second kappa shape index (κ2) is 5.89. The molecule has 98 valence electrons. The van der Waals surface area contributed by atoms with Gasteiger partial charge in [0.1, 0.15) is 0 Å². The topological polar surface area (TPSA) is 38.3 Å². The van der Waals surface area contributed by atoms with Gasteiger partial charge in [-0.1, -0.05) is 19.1 Å². The Bertz CT molecular complexity index is 417. The van der Waals surface area contributed by atoms with E-state index in [-0.39, 0.29) is 5.97 Å². The number of nitrogens with one attached hydrogen (secondary N) is 1. The minimum absolute atomic E-state index is 0.244. The molecule has 0 saturated heterocycles. The van der Waals surface area contributed by atoms with Crippen molar-refractivity contribution in [2.45, 2.75) is 39.2 Å². The van der Waals surface area contributed by atoms with Crippen molar-refractivity contribution in [3.63, 3.8) is 0 Å². The van der Waals surface area contributed by atoms with Gasteiger partial charge in [0, 0.05) is 11.7 Å². The molecule has 0 spiro atoms. The van der Waals surface area contributed by atoms with Crippen molar-refractivity contribution in [3.05, 3.63) is 29.8 Å². The minimum Gasteiger partial charge on any atom is -0.462 e. The quantitative estimate of drug-likeness (QED) is 0.828. The van der Waals surface area contributed by atoms with Crippen molar-refractivity contribution in [1.29, 1.82) is 0 Å². The van der Waals surface area contributed by atoms with E-state index in [2.05, 4.69) is 12.2 Å². The SMILES string of the molecule is CCOC(=O)c1ccccc1NC1CCC(C)C1. The van der Waals surface area contributed by atoms with Gasteiger partial charge in [0.05, 0.1) is 12.2 Å². The molecule has 3 heteroatoms. The van der Waals surface area contributed by atoms with E-state index >= 15 is 0 Å². The normalized spacial score (nSPS) is 22.8. The Hall–Kier alpha value is -1.51. The van der Waals surface area contributed by atoms with Gasteiger partial charge in [-0.2, -0.15) is 0 Å². The highest BCUT2D eigenvalue weighted by Crippen LogP contribution is 2.28. The summed E-state index contributed by atoms with van der Waals surface area (Å²) in [5.74, 6) is 0.531. The summed E-state index contributed by atoms with van der Waals surface area (Å²) < 4.78 is 5.08. The van der Waals surface area contributed by atoms with Crippen molar-refractivity contribution in [2.24, 2.45) is 5.92 Å². The van der Waals surface area contributed by atoms with E-state index in [1.165, 1.54) is 19.3 Å². The second-order valence-electron chi connectivity index (χ2n) is 5.03. The van der Waals surface area contributed by atoms with Crippen LogP contribution in [-0.2, 0) is 4.74 Å². The number of ether oxygens (including phenoxy) is 1. The molecule has 0 heterocycles. The van der Waals surface area contributed by atoms with Crippen molar-refractivity contribution < 1.29 is 9.53 Å². The molecule has 2 rings (SSSR count). The van der Waals surface area contributed by atoms with Crippen molar-refractivity contribution in [1.82, 2.24) is 0 Å². The van der Waals surface area contributed by atoms with Crippen LogP contribution >= 0.6 is 0 Å². The van der Waals surface area contributed by atoms with Gasteiger partial charge in [0.25, 0.3) is 0 Å². The molecule has 0 bridgehead atoms. The van der Waals surface area contributed by atoms with E-state index in [9.17, 15) is 4.79 Å². The average Bonchev–Trinajstić information content (AvgIpc) is 2.76. The number of hydrogen-bond donors (Lipinski definition) is 1. The fraction of sp³-hybridized carbons (Fsp3) is 0.533. The van der Waals surface area contributed by atoms with Crippen molar-refractivity contribution in [2.75, 3.05) is 11.9 Å². The first-order chi connectivity index (χ1) is 8.70. The molecule has 0 amide bonds. The van der Waals surface area contributed by atoms with E-state index < -0.39 is 0 Å². The van der Waals surface area contributed by atoms with Crippen LogP contribution in [0.1, 0.15) is 43.5 Å². The summed E-state index contributed by atoms with van der Waals surface area (Å²) in [6.07, 6.45) is 3.62. The number of rotatable bonds is 4. The lowest BCUT2D eigenvalue weighted by Gasteiger charge is -2.16. The van der Waals surface area contributed by atoms with E-state index in [0.717, 1.165) is 11.6 Å². The first-order valence-corrected chi connectivity index (χ1v) is 6.73. The van der Waals surface area contributed by atoms with Gasteiger partial charge in [0.15, 0.2) is 0 Å². The number of anilines is 1. The van der Waals surface area contributed by atoms with Crippen LogP contribution in [0.5, 0.6) is 0 Å². The van der Waals surface area contributed by atoms with Crippen LogP contribution in [0.4, 0.5) is 5.69 Å². The number of hydrogen-bond acceptors (Lipinski definition) is 3. The van der Waals surface area contributed by atoms with E-state index in [1.807, 2.05) is 31.2 Å². The molecule has 0 radical (unpaired) electrons. The molecule has 1 saturated carbocycles. The Morgan fingerprint density at radius 2 is 2.17 bits per heavy atom. The summed E-state index contributed by atoms with van der Waals surface area (Å²) in [7, 11) is 0. The van der Waals surface area contributed by atoms with Crippen LogP contribution in [0, 0.1) is 5.92 Å². The number of carbonyl (C=O) groups is 1. The Kier molecular flexibility index (Phi) is 4.24. The van der Waals surface area contributed by atoms with Gasteiger partial charge in [-0.05, 0) is 44.2 Å². The van der Waals surface area contributed by atoms with Crippen LogP contribution in [0.3, 0.4) is 0 Å². The zero-order chi connectivity index (χ0) is 13.0. The molecule has 1 aliphatic rings. The molecular weight excluding hydrogens is 226 g/mol. The fourth-order valence-electron chi connectivity index (χ4n) is 2.55. The molecule has 1 aromatic rings. The standard InChI is InChI=1S/C15H21NO2/c1-3-18-15(17)13-6-4-5-7-14(13)16-12-9-8-11(2)10-12/h4-7,11-12,16H,3,8-10H2,1-2H3. The van der Waals surface area contributed by atoms with Gasteiger partial charge < -0.3 is 10.1 Å². The Balaban J connectivity index is 2.10.